The van der Waals surface area contributed by atoms with Gasteiger partial charge in [0.05, 0.1) is 18.1 Å². The third kappa shape index (κ3) is 1.37. The Morgan fingerprint density at radius 1 is 1.21 bits per heavy atom. The van der Waals surface area contributed by atoms with Crippen LogP contribution in [0.25, 0.3) is 5.69 Å². The van der Waals surface area contributed by atoms with E-state index in [4.69, 9.17) is 0 Å². The smallest absolute Gasteiger partial charge is 0.153 e. The molecule has 0 fully saturated rings. The highest BCUT2D eigenvalue weighted by Gasteiger charge is 2.05. The lowest BCUT2D eigenvalue weighted by Crippen LogP contribution is -1.99. The summed E-state index contributed by atoms with van der Waals surface area (Å²) < 4.78 is 1.69. The molecule has 0 aliphatic rings. The average Bonchev–Trinajstić information content (AvgIpc) is 2.51. The van der Waals surface area contributed by atoms with E-state index in [1.54, 1.807) is 10.9 Å². The lowest BCUT2D eigenvalue weighted by molar-refractivity contribution is 0.475. The van der Waals surface area contributed by atoms with Crippen molar-refractivity contribution in [3.8, 4) is 11.4 Å². The van der Waals surface area contributed by atoms with E-state index in [1.807, 2.05) is 32.0 Å². The van der Waals surface area contributed by atoms with E-state index in [1.165, 1.54) is 6.20 Å². The summed E-state index contributed by atoms with van der Waals surface area (Å²) in [5.41, 5.74) is 3.33. The average molecular weight is 188 g/mol. The molecule has 0 unspecified atom stereocenters. The van der Waals surface area contributed by atoms with E-state index >= 15 is 0 Å². The molecule has 0 saturated heterocycles. The molecule has 2 rings (SSSR count). The number of benzene rings is 1. The van der Waals surface area contributed by atoms with Crippen LogP contribution in [-0.2, 0) is 0 Å². The van der Waals surface area contributed by atoms with Gasteiger partial charge in [-0.2, -0.15) is 5.10 Å². The van der Waals surface area contributed by atoms with Crippen LogP contribution in [0.5, 0.6) is 5.75 Å². The standard InChI is InChI=1S/C11H12N2O/c1-8-4-3-5-9(2)11(8)13-7-10(14)6-12-13/h3-7,14H,1-2H3. The minimum absolute atomic E-state index is 0.188. The Kier molecular flexibility index (Phi) is 2.00. The molecule has 0 saturated carbocycles. The number of aromatic nitrogens is 2. The fourth-order valence-corrected chi connectivity index (χ4v) is 1.60. The molecule has 1 heterocycles. The molecule has 14 heavy (non-hydrogen) atoms. The summed E-state index contributed by atoms with van der Waals surface area (Å²) in [4.78, 5) is 0. The normalized spacial score (nSPS) is 10.4. The molecular formula is C11H12N2O. The van der Waals surface area contributed by atoms with Crippen molar-refractivity contribution in [3.05, 3.63) is 41.7 Å². The topological polar surface area (TPSA) is 38.0 Å². The van der Waals surface area contributed by atoms with Crippen LogP contribution in [0.4, 0.5) is 0 Å². The molecule has 3 nitrogen and oxygen atoms in total. The van der Waals surface area contributed by atoms with E-state index < -0.39 is 0 Å². The number of hydrogen-bond donors (Lipinski definition) is 1. The van der Waals surface area contributed by atoms with Crippen LogP contribution in [0, 0.1) is 13.8 Å². The maximum Gasteiger partial charge on any atom is 0.153 e. The third-order valence-electron chi connectivity index (χ3n) is 2.24. The van der Waals surface area contributed by atoms with E-state index in [0.29, 0.717) is 0 Å². The Hall–Kier alpha value is -1.77. The summed E-state index contributed by atoms with van der Waals surface area (Å²) in [5, 5.41) is 13.3. The lowest BCUT2D eigenvalue weighted by atomic mass is 10.1. The molecule has 0 spiro atoms. The number of rotatable bonds is 1. The maximum absolute atomic E-state index is 9.21. The molecule has 1 aromatic carbocycles. The Labute approximate surface area is 82.6 Å². The lowest BCUT2D eigenvalue weighted by Gasteiger charge is -2.08. The first kappa shape index (κ1) is 8.81. The molecule has 2 aromatic rings. The molecule has 0 bridgehead atoms. The van der Waals surface area contributed by atoms with Crippen LogP contribution in [0.3, 0.4) is 0 Å². The zero-order valence-corrected chi connectivity index (χ0v) is 8.23. The zero-order chi connectivity index (χ0) is 10.1. The van der Waals surface area contributed by atoms with Crippen molar-refractivity contribution in [1.82, 2.24) is 9.78 Å². The van der Waals surface area contributed by atoms with Gasteiger partial charge in [0, 0.05) is 0 Å². The molecular weight excluding hydrogens is 176 g/mol. The molecule has 0 radical (unpaired) electrons. The van der Waals surface area contributed by atoms with Crippen LogP contribution < -0.4 is 0 Å². The van der Waals surface area contributed by atoms with E-state index in [2.05, 4.69) is 5.10 Å². The van der Waals surface area contributed by atoms with Crippen molar-refractivity contribution < 1.29 is 5.11 Å². The summed E-state index contributed by atoms with van der Waals surface area (Å²) in [6, 6.07) is 6.07. The molecule has 0 atom stereocenters. The van der Waals surface area contributed by atoms with Gasteiger partial charge in [-0.15, -0.1) is 0 Å². The second-order valence-electron chi connectivity index (χ2n) is 3.38. The van der Waals surface area contributed by atoms with Gasteiger partial charge in [-0.1, -0.05) is 18.2 Å². The van der Waals surface area contributed by atoms with Crippen LogP contribution in [0.15, 0.2) is 30.6 Å². The summed E-state index contributed by atoms with van der Waals surface area (Å²) in [7, 11) is 0. The minimum atomic E-state index is 0.188. The monoisotopic (exact) mass is 188 g/mol. The van der Waals surface area contributed by atoms with Gasteiger partial charge in [0.25, 0.3) is 0 Å². The predicted octanol–water partition coefficient (Wildman–Crippen LogP) is 2.19. The molecule has 1 aromatic heterocycles. The van der Waals surface area contributed by atoms with Gasteiger partial charge in [0.1, 0.15) is 0 Å². The maximum atomic E-state index is 9.21. The number of nitrogens with zero attached hydrogens (tertiary/aromatic N) is 2. The fourth-order valence-electron chi connectivity index (χ4n) is 1.60. The molecule has 0 aliphatic heterocycles. The second kappa shape index (κ2) is 3.18. The van der Waals surface area contributed by atoms with E-state index in [9.17, 15) is 5.11 Å². The number of para-hydroxylation sites is 1. The third-order valence-corrected chi connectivity index (χ3v) is 2.24. The Morgan fingerprint density at radius 3 is 2.36 bits per heavy atom. The summed E-state index contributed by atoms with van der Waals surface area (Å²) >= 11 is 0. The van der Waals surface area contributed by atoms with E-state index in [-0.39, 0.29) is 5.75 Å². The van der Waals surface area contributed by atoms with Gasteiger partial charge >= 0.3 is 0 Å². The van der Waals surface area contributed by atoms with Crippen molar-refractivity contribution in [2.45, 2.75) is 13.8 Å². The quantitative estimate of drug-likeness (QED) is 0.745. The van der Waals surface area contributed by atoms with Crippen molar-refractivity contribution in [2.24, 2.45) is 0 Å². The van der Waals surface area contributed by atoms with Gasteiger partial charge < -0.3 is 5.11 Å². The van der Waals surface area contributed by atoms with Gasteiger partial charge in [-0.3, -0.25) is 0 Å². The Balaban J connectivity index is 2.61. The fraction of sp³-hybridized carbons (Fsp3) is 0.182. The zero-order valence-electron chi connectivity index (χ0n) is 8.23. The Morgan fingerprint density at radius 2 is 1.86 bits per heavy atom. The van der Waals surface area contributed by atoms with Gasteiger partial charge in [0.2, 0.25) is 0 Å². The van der Waals surface area contributed by atoms with Crippen LogP contribution in [-0.4, -0.2) is 14.9 Å². The van der Waals surface area contributed by atoms with Crippen molar-refractivity contribution in [1.29, 1.82) is 0 Å². The van der Waals surface area contributed by atoms with E-state index in [0.717, 1.165) is 16.8 Å². The largest absolute Gasteiger partial charge is 0.505 e. The second-order valence-corrected chi connectivity index (χ2v) is 3.38. The van der Waals surface area contributed by atoms with Crippen LogP contribution >= 0.6 is 0 Å². The summed E-state index contributed by atoms with van der Waals surface area (Å²) in [5.74, 6) is 0.188. The minimum Gasteiger partial charge on any atom is -0.505 e. The van der Waals surface area contributed by atoms with Gasteiger partial charge in [-0.25, -0.2) is 4.68 Å². The van der Waals surface area contributed by atoms with Crippen molar-refractivity contribution in [3.63, 3.8) is 0 Å². The number of hydrogen-bond acceptors (Lipinski definition) is 2. The number of aromatic hydroxyl groups is 1. The molecule has 72 valence electrons. The SMILES string of the molecule is Cc1cccc(C)c1-n1cc(O)cn1. The first-order valence-electron chi connectivity index (χ1n) is 4.48. The highest BCUT2D eigenvalue weighted by Crippen LogP contribution is 2.19. The van der Waals surface area contributed by atoms with Crippen LogP contribution in [0.1, 0.15) is 11.1 Å². The number of aryl methyl sites for hydroxylation is 2. The molecule has 0 aliphatic carbocycles. The van der Waals surface area contributed by atoms with Crippen LogP contribution in [0.2, 0.25) is 0 Å². The van der Waals surface area contributed by atoms with Gasteiger partial charge in [-0.05, 0) is 25.0 Å². The summed E-state index contributed by atoms with van der Waals surface area (Å²) in [6.07, 6.45) is 3.04. The van der Waals surface area contributed by atoms with Crippen molar-refractivity contribution >= 4 is 0 Å². The first-order chi connectivity index (χ1) is 6.68. The highest BCUT2D eigenvalue weighted by atomic mass is 16.3. The summed E-state index contributed by atoms with van der Waals surface area (Å²) in [6.45, 7) is 4.06. The molecule has 3 heteroatoms. The molecule has 1 N–H and O–H groups in total. The highest BCUT2D eigenvalue weighted by molar-refractivity contribution is 5.46. The first-order valence-corrected chi connectivity index (χ1v) is 4.48. The predicted molar refractivity (Wildman–Crippen MR) is 54.7 cm³/mol. The Bertz CT molecular complexity index is 440. The molecule has 0 amide bonds. The van der Waals surface area contributed by atoms with Gasteiger partial charge in [0.15, 0.2) is 5.75 Å². The van der Waals surface area contributed by atoms with Crippen molar-refractivity contribution in [2.75, 3.05) is 0 Å².